The maximum Gasteiger partial charge on any atom is 0.490 e. The Morgan fingerprint density at radius 2 is 2.00 bits per heavy atom. The van der Waals surface area contributed by atoms with Gasteiger partial charge in [-0.2, -0.15) is 13.2 Å². The van der Waals surface area contributed by atoms with E-state index in [-0.39, 0.29) is 5.56 Å². The van der Waals surface area contributed by atoms with Crippen LogP contribution in [0.5, 0.6) is 0 Å². The molecule has 0 saturated heterocycles. The summed E-state index contributed by atoms with van der Waals surface area (Å²) < 4.78 is 31.7. The summed E-state index contributed by atoms with van der Waals surface area (Å²) in [4.78, 5) is 34.2. The second kappa shape index (κ2) is 8.87. The van der Waals surface area contributed by atoms with Gasteiger partial charge in [0.2, 0.25) is 0 Å². The molecular formula is C16H18F3N3O3S2. The van der Waals surface area contributed by atoms with Crippen LogP contribution in [0.25, 0.3) is 0 Å². The smallest absolute Gasteiger partial charge is 0.475 e. The first kappa shape index (κ1) is 21.4. The molecule has 0 spiro atoms. The van der Waals surface area contributed by atoms with Crippen LogP contribution in [-0.2, 0) is 29.8 Å². The van der Waals surface area contributed by atoms with E-state index in [2.05, 4.69) is 21.9 Å². The average Bonchev–Trinajstić information content (AvgIpc) is 3.18. The van der Waals surface area contributed by atoms with Crippen molar-refractivity contribution in [1.82, 2.24) is 15.0 Å². The molecule has 148 valence electrons. The molecule has 0 atom stereocenters. The predicted octanol–water partition coefficient (Wildman–Crippen LogP) is 3.51. The molecule has 0 amide bonds. The van der Waals surface area contributed by atoms with Crippen LogP contribution in [0.4, 0.5) is 13.2 Å². The molecule has 0 aliphatic heterocycles. The zero-order valence-electron chi connectivity index (χ0n) is 14.6. The quantitative estimate of drug-likeness (QED) is 0.579. The van der Waals surface area contributed by atoms with E-state index in [4.69, 9.17) is 9.90 Å². The monoisotopic (exact) mass is 421 g/mol. The van der Waals surface area contributed by atoms with Crippen molar-refractivity contribution >= 4 is 29.1 Å². The lowest BCUT2D eigenvalue weighted by Gasteiger charge is -2.03. The van der Waals surface area contributed by atoms with E-state index in [9.17, 15) is 18.0 Å². The first-order valence-electron chi connectivity index (χ1n) is 8.12. The molecule has 2 aromatic rings. The summed E-state index contributed by atoms with van der Waals surface area (Å²) >= 11 is 3.34. The number of aromatic amines is 1. The topological polar surface area (TPSA) is 95.9 Å². The van der Waals surface area contributed by atoms with Crippen LogP contribution in [0.2, 0.25) is 0 Å². The van der Waals surface area contributed by atoms with E-state index in [1.807, 2.05) is 6.92 Å². The molecule has 0 unspecified atom stereocenters. The van der Waals surface area contributed by atoms with Crippen molar-refractivity contribution in [2.75, 3.05) is 0 Å². The SMILES string of the molecule is CCc1nc(C)sc1CSc1nc2c(c(=O)[nH]1)CCC2.O=C(O)C(F)(F)F. The number of alkyl halides is 3. The molecule has 0 bridgehead atoms. The number of fused-ring (bicyclic) bond motifs is 1. The molecule has 1 aliphatic rings. The van der Waals surface area contributed by atoms with Crippen molar-refractivity contribution in [3.8, 4) is 0 Å². The first-order chi connectivity index (χ1) is 12.6. The standard InChI is InChI=1S/C14H17N3OS2.C2HF3O2/c1-3-10-12(20-8(2)15-10)7-19-14-16-11-6-4-5-9(11)13(18)17-14;3-2(4,5)1(6)7/h3-7H2,1-2H3,(H,16,17,18);(H,6,7). The Labute approximate surface area is 161 Å². The van der Waals surface area contributed by atoms with Crippen LogP contribution >= 0.6 is 23.1 Å². The number of carboxylic acids is 1. The van der Waals surface area contributed by atoms with Gasteiger partial charge in [-0.3, -0.25) is 4.79 Å². The summed E-state index contributed by atoms with van der Waals surface area (Å²) in [7, 11) is 0. The molecule has 0 radical (unpaired) electrons. The minimum Gasteiger partial charge on any atom is -0.475 e. The highest BCUT2D eigenvalue weighted by Gasteiger charge is 2.38. The van der Waals surface area contributed by atoms with E-state index in [0.717, 1.165) is 52.9 Å². The fourth-order valence-corrected chi connectivity index (χ4v) is 4.53. The number of nitrogens with one attached hydrogen (secondary N) is 1. The zero-order chi connectivity index (χ0) is 20.2. The normalized spacial score (nSPS) is 13.1. The van der Waals surface area contributed by atoms with Crippen LogP contribution in [0, 0.1) is 6.92 Å². The predicted molar refractivity (Wildman–Crippen MR) is 96.4 cm³/mol. The van der Waals surface area contributed by atoms with Gasteiger partial charge in [0.15, 0.2) is 5.16 Å². The first-order valence-corrected chi connectivity index (χ1v) is 9.92. The summed E-state index contributed by atoms with van der Waals surface area (Å²) in [5.41, 5.74) is 3.10. The maximum absolute atomic E-state index is 12.0. The van der Waals surface area contributed by atoms with Gasteiger partial charge < -0.3 is 10.1 Å². The lowest BCUT2D eigenvalue weighted by molar-refractivity contribution is -0.192. The number of nitrogens with zero attached hydrogens (tertiary/aromatic N) is 2. The summed E-state index contributed by atoms with van der Waals surface area (Å²) in [6.07, 6.45) is -1.27. The number of hydrogen-bond donors (Lipinski definition) is 2. The third kappa shape index (κ3) is 5.80. The molecule has 3 rings (SSSR count). The molecule has 1 aliphatic carbocycles. The summed E-state index contributed by atoms with van der Waals surface area (Å²) in [5.74, 6) is -1.93. The number of carboxylic acid groups (broad SMARTS) is 1. The van der Waals surface area contributed by atoms with Gasteiger partial charge in [-0.1, -0.05) is 18.7 Å². The molecular weight excluding hydrogens is 403 g/mol. The Hall–Kier alpha value is -1.88. The van der Waals surface area contributed by atoms with Crippen LogP contribution in [0.15, 0.2) is 9.95 Å². The number of halogens is 3. The van der Waals surface area contributed by atoms with E-state index in [0.29, 0.717) is 0 Å². The Morgan fingerprint density at radius 1 is 1.33 bits per heavy atom. The molecule has 2 aromatic heterocycles. The summed E-state index contributed by atoms with van der Waals surface area (Å²) in [6.45, 7) is 4.16. The van der Waals surface area contributed by atoms with Crippen molar-refractivity contribution in [2.24, 2.45) is 0 Å². The summed E-state index contributed by atoms with van der Waals surface area (Å²) in [6, 6.07) is 0. The lowest BCUT2D eigenvalue weighted by atomic mass is 10.3. The second-order valence-electron chi connectivity index (χ2n) is 5.70. The second-order valence-corrected chi connectivity index (χ2v) is 7.95. The molecule has 0 fully saturated rings. The van der Waals surface area contributed by atoms with Gasteiger partial charge in [-0.05, 0) is 32.6 Å². The van der Waals surface area contributed by atoms with Gasteiger partial charge in [0.25, 0.3) is 5.56 Å². The van der Waals surface area contributed by atoms with Gasteiger partial charge in [0.05, 0.1) is 16.4 Å². The largest absolute Gasteiger partial charge is 0.490 e. The van der Waals surface area contributed by atoms with Crippen LogP contribution in [0.1, 0.15) is 40.2 Å². The highest BCUT2D eigenvalue weighted by atomic mass is 32.2. The Kier molecular flexibility index (Phi) is 7.04. The highest BCUT2D eigenvalue weighted by molar-refractivity contribution is 7.98. The highest BCUT2D eigenvalue weighted by Crippen LogP contribution is 2.27. The molecule has 6 nitrogen and oxygen atoms in total. The van der Waals surface area contributed by atoms with Crippen molar-refractivity contribution in [3.05, 3.63) is 37.2 Å². The van der Waals surface area contributed by atoms with Gasteiger partial charge >= 0.3 is 12.1 Å². The van der Waals surface area contributed by atoms with Crippen molar-refractivity contribution in [3.63, 3.8) is 0 Å². The molecule has 27 heavy (non-hydrogen) atoms. The zero-order valence-corrected chi connectivity index (χ0v) is 16.3. The molecule has 2 heterocycles. The average molecular weight is 421 g/mol. The van der Waals surface area contributed by atoms with Gasteiger partial charge in [0, 0.05) is 16.2 Å². The molecule has 0 aromatic carbocycles. The number of aryl methyl sites for hydroxylation is 3. The molecule has 2 N–H and O–H groups in total. The molecule has 11 heteroatoms. The van der Waals surface area contributed by atoms with E-state index in [1.165, 1.54) is 10.6 Å². The molecule has 0 saturated carbocycles. The van der Waals surface area contributed by atoms with Crippen molar-refractivity contribution in [2.45, 2.75) is 56.6 Å². The minimum absolute atomic E-state index is 0.0474. The third-order valence-electron chi connectivity index (χ3n) is 3.72. The number of H-pyrrole nitrogens is 1. The van der Waals surface area contributed by atoms with E-state index in [1.54, 1.807) is 23.1 Å². The fourth-order valence-electron chi connectivity index (χ4n) is 2.52. The Morgan fingerprint density at radius 3 is 2.59 bits per heavy atom. The summed E-state index contributed by atoms with van der Waals surface area (Å²) in [5, 5.41) is 8.97. The van der Waals surface area contributed by atoms with Crippen LogP contribution < -0.4 is 5.56 Å². The van der Waals surface area contributed by atoms with E-state index < -0.39 is 12.1 Å². The van der Waals surface area contributed by atoms with Crippen LogP contribution in [0.3, 0.4) is 0 Å². The van der Waals surface area contributed by atoms with Gasteiger partial charge in [-0.25, -0.2) is 14.8 Å². The van der Waals surface area contributed by atoms with Gasteiger partial charge in [0.1, 0.15) is 0 Å². The Balaban J connectivity index is 0.000000321. The number of carbonyl (C=O) groups is 1. The Bertz CT molecular complexity index is 878. The van der Waals surface area contributed by atoms with Crippen molar-refractivity contribution < 1.29 is 23.1 Å². The minimum atomic E-state index is -5.08. The van der Waals surface area contributed by atoms with Crippen LogP contribution in [-0.4, -0.2) is 32.2 Å². The number of thiazole rings is 1. The third-order valence-corrected chi connectivity index (χ3v) is 5.82. The maximum atomic E-state index is 12.0. The number of hydrogen-bond acceptors (Lipinski definition) is 6. The fraction of sp³-hybridized carbons (Fsp3) is 0.500. The number of aromatic nitrogens is 3. The van der Waals surface area contributed by atoms with Crippen molar-refractivity contribution in [1.29, 1.82) is 0 Å². The lowest BCUT2D eigenvalue weighted by Crippen LogP contribution is -2.21. The number of aliphatic carboxylic acids is 1. The number of rotatable bonds is 4. The van der Waals surface area contributed by atoms with Gasteiger partial charge in [-0.15, -0.1) is 11.3 Å². The number of thioether (sulfide) groups is 1. The van der Waals surface area contributed by atoms with E-state index >= 15 is 0 Å².